The molecule has 0 radical (unpaired) electrons. The van der Waals surface area contributed by atoms with Crippen LogP contribution in [0.2, 0.25) is 0 Å². The van der Waals surface area contributed by atoms with Gasteiger partial charge in [0.25, 0.3) is 11.8 Å². The van der Waals surface area contributed by atoms with Crippen LogP contribution in [0.1, 0.15) is 41.0 Å². The van der Waals surface area contributed by atoms with Gasteiger partial charge in [-0.1, -0.05) is 32.9 Å². The molecule has 0 aromatic carbocycles. The van der Waals surface area contributed by atoms with Crippen LogP contribution in [0.4, 0.5) is 13.2 Å². The molecule has 2 amide bonds. The topological polar surface area (TPSA) is 99.2 Å². The Morgan fingerprint density at radius 2 is 1.75 bits per heavy atom. The Balaban J connectivity index is 0.00000466. The molecule has 1 aliphatic heterocycles. The van der Waals surface area contributed by atoms with Crippen molar-refractivity contribution in [3.8, 4) is 0 Å². The van der Waals surface area contributed by atoms with Crippen molar-refractivity contribution in [2.45, 2.75) is 46.5 Å². The first kappa shape index (κ1) is 29.6. The molecule has 0 aromatic rings. The van der Waals surface area contributed by atoms with Gasteiger partial charge in [0.1, 0.15) is 12.4 Å². The highest BCUT2D eigenvalue weighted by molar-refractivity contribution is 7.87. The SMILES string of the molecule is C/C=C/C=C(\C=C1/C=C(CC)C(=O)N(OS(=O)(=O)C(F)(F)F)C1=O)OCCOCC.CC. The minimum Gasteiger partial charge on any atom is -0.491 e. The second-order valence-corrected chi connectivity index (χ2v) is 7.16. The van der Waals surface area contributed by atoms with Gasteiger partial charge in [-0.25, -0.2) is 0 Å². The van der Waals surface area contributed by atoms with Gasteiger partial charge in [-0.2, -0.15) is 21.6 Å². The molecule has 0 N–H and O–H groups in total. The van der Waals surface area contributed by atoms with Crippen LogP contribution >= 0.6 is 0 Å². The van der Waals surface area contributed by atoms with Gasteiger partial charge in [-0.05, 0) is 38.5 Å². The molecule has 182 valence electrons. The minimum atomic E-state index is -6.23. The van der Waals surface area contributed by atoms with Crippen molar-refractivity contribution in [1.82, 2.24) is 5.06 Å². The number of nitrogens with zero attached hydrogens (tertiary/aromatic N) is 1. The Morgan fingerprint density at radius 1 is 1.12 bits per heavy atom. The van der Waals surface area contributed by atoms with Gasteiger partial charge >= 0.3 is 15.6 Å². The fraction of sp³-hybridized carbons (Fsp3) is 0.500. The number of imide groups is 1. The molecule has 8 nitrogen and oxygen atoms in total. The number of rotatable bonds is 10. The highest BCUT2D eigenvalue weighted by atomic mass is 32.2. The summed E-state index contributed by atoms with van der Waals surface area (Å²) in [6, 6.07) is 0. The van der Waals surface area contributed by atoms with Crippen LogP contribution in [-0.4, -0.2) is 50.6 Å². The molecule has 12 heteroatoms. The summed E-state index contributed by atoms with van der Waals surface area (Å²) in [5, 5.41) is -0.416. The fourth-order valence-corrected chi connectivity index (χ4v) is 2.48. The Labute approximate surface area is 186 Å². The lowest BCUT2D eigenvalue weighted by atomic mass is 10.0. The lowest BCUT2D eigenvalue weighted by Gasteiger charge is -2.25. The third-order valence-corrected chi connectivity index (χ3v) is 4.42. The van der Waals surface area contributed by atoms with E-state index in [1.807, 2.05) is 13.8 Å². The minimum absolute atomic E-state index is 0.00842. The summed E-state index contributed by atoms with van der Waals surface area (Å²) in [5.41, 5.74) is -6.24. The van der Waals surface area contributed by atoms with E-state index < -0.39 is 32.5 Å². The zero-order valence-corrected chi connectivity index (χ0v) is 19.4. The molecule has 0 spiro atoms. The van der Waals surface area contributed by atoms with E-state index in [1.165, 1.54) is 13.0 Å². The Kier molecular flexibility index (Phi) is 12.8. The van der Waals surface area contributed by atoms with Crippen LogP contribution in [-0.2, 0) is 33.5 Å². The van der Waals surface area contributed by atoms with Crippen molar-refractivity contribution in [2.24, 2.45) is 0 Å². The first-order valence-electron chi connectivity index (χ1n) is 9.83. The predicted molar refractivity (Wildman–Crippen MR) is 111 cm³/mol. The van der Waals surface area contributed by atoms with Gasteiger partial charge in [-0.3, -0.25) is 9.59 Å². The van der Waals surface area contributed by atoms with Gasteiger partial charge in [0.15, 0.2) is 0 Å². The fourth-order valence-electron chi connectivity index (χ4n) is 2.06. The number of carbonyl (C=O) groups is 2. The monoisotopic (exact) mass is 483 g/mol. The first-order valence-corrected chi connectivity index (χ1v) is 11.2. The summed E-state index contributed by atoms with van der Waals surface area (Å²) >= 11 is 0. The van der Waals surface area contributed by atoms with Crippen molar-refractivity contribution < 1.29 is 44.9 Å². The van der Waals surface area contributed by atoms with Crippen molar-refractivity contribution >= 4 is 21.9 Å². The maximum atomic E-state index is 12.6. The van der Waals surface area contributed by atoms with E-state index in [0.29, 0.717) is 6.61 Å². The van der Waals surface area contributed by atoms with Crippen LogP contribution in [0.3, 0.4) is 0 Å². The van der Waals surface area contributed by atoms with Crippen LogP contribution in [0.5, 0.6) is 0 Å². The number of alkyl halides is 3. The largest absolute Gasteiger partial charge is 0.525 e. The van der Waals surface area contributed by atoms with E-state index in [0.717, 1.165) is 12.2 Å². The van der Waals surface area contributed by atoms with E-state index in [1.54, 1.807) is 26.0 Å². The molecule has 0 aliphatic carbocycles. The molecular weight excluding hydrogens is 455 g/mol. The van der Waals surface area contributed by atoms with Crippen molar-refractivity contribution in [2.75, 3.05) is 19.8 Å². The number of hydrogen-bond acceptors (Lipinski definition) is 7. The van der Waals surface area contributed by atoms with Crippen molar-refractivity contribution in [1.29, 1.82) is 0 Å². The number of ether oxygens (including phenoxy) is 2. The third kappa shape index (κ3) is 8.60. The molecule has 0 unspecified atom stereocenters. The Bertz CT molecular complexity index is 872. The molecule has 32 heavy (non-hydrogen) atoms. The van der Waals surface area contributed by atoms with Crippen LogP contribution in [0.25, 0.3) is 0 Å². The maximum absolute atomic E-state index is 12.6. The summed E-state index contributed by atoms with van der Waals surface area (Å²) < 4.78 is 74.9. The Hall–Kier alpha value is -2.44. The number of carbonyl (C=O) groups excluding carboxylic acids is 2. The molecule has 0 saturated heterocycles. The number of allylic oxidation sites excluding steroid dienone is 4. The van der Waals surface area contributed by atoms with Gasteiger partial charge in [0, 0.05) is 17.8 Å². The highest BCUT2D eigenvalue weighted by Crippen LogP contribution is 2.29. The second-order valence-electron chi connectivity index (χ2n) is 5.64. The molecule has 0 saturated carbocycles. The highest BCUT2D eigenvalue weighted by Gasteiger charge is 2.51. The predicted octanol–water partition coefficient (Wildman–Crippen LogP) is 3.94. The summed E-state index contributed by atoms with van der Waals surface area (Å²) in [4.78, 5) is 24.7. The number of hydrogen-bond donors (Lipinski definition) is 0. The van der Waals surface area contributed by atoms with E-state index in [9.17, 15) is 31.2 Å². The average Bonchev–Trinajstić information content (AvgIpc) is 2.74. The van der Waals surface area contributed by atoms with E-state index in [4.69, 9.17) is 9.47 Å². The third-order valence-electron chi connectivity index (χ3n) is 3.51. The quantitative estimate of drug-likeness (QED) is 0.116. The molecule has 1 rings (SSSR count). The van der Waals surface area contributed by atoms with E-state index in [2.05, 4.69) is 4.28 Å². The first-order chi connectivity index (χ1) is 15.0. The van der Waals surface area contributed by atoms with Gasteiger partial charge in [-0.15, -0.1) is 9.35 Å². The summed E-state index contributed by atoms with van der Waals surface area (Å²) in [6.45, 7) is 9.83. The van der Waals surface area contributed by atoms with Crippen LogP contribution in [0, 0.1) is 0 Å². The number of halogens is 3. The number of amides is 2. The molecular formula is C20H28F3NO7S. The van der Waals surface area contributed by atoms with Crippen LogP contribution < -0.4 is 0 Å². The normalized spacial score (nSPS) is 16.9. The zero-order valence-electron chi connectivity index (χ0n) is 18.6. The molecule has 0 atom stereocenters. The van der Waals surface area contributed by atoms with Gasteiger partial charge < -0.3 is 9.47 Å². The molecule has 1 heterocycles. The zero-order chi connectivity index (χ0) is 24.9. The van der Waals surface area contributed by atoms with E-state index >= 15 is 0 Å². The standard InChI is InChI=1S/C18H22F3NO7S.C2H6/c1-4-7-8-15(28-10-9-27-6-3)12-14-11-13(5-2)16(23)22(17(14)24)29-30(25,26)18(19,20)21;1-2/h4,7-8,11-12H,5-6,9-10H2,1-3H3;1-2H3/b7-4+,14-12+,15-8+;. The average molecular weight is 484 g/mol. The maximum Gasteiger partial charge on any atom is 0.525 e. The van der Waals surface area contributed by atoms with E-state index in [-0.39, 0.29) is 36.5 Å². The van der Waals surface area contributed by atoms with Crippen molar-refractivity contribution in [3.63, 3.8) is 0 Å². The molecule has 0 fully saturated rings. The van der Waals surface area contributed by atoms with Crippen LogP contribution in [0.15, 0.2) is 47.3 Å². The second kappa shape index (κ2) is 13.9. The lowest BCUT2D eigenvalue weighted by Crippen LogP contribution is -2.45. The Morgan fingerprint density at radius 3 is 2.25 bits per heavy atom. The lowest BCUT2D eigenvalue weighted by molar-refractivity contribution is -0.169. The molecule has 1 aliphatic rings. The molecule has 0 bridgehead atoms. The summed E-state index contributed by atoms with van der Waals surface area (Å²) in [7, 11) is -6.23. The molecule has 0 aromatic heterocycles. The summed E-state index contributed by atoms with van der Waals surface area (Å²) in [6.07, 6.45) is 7.02. The summed E-state index contributed by atoms with van der Waals surface area (Å²) in [5.74, 6) is -2.55. The smallest absolute Gasteiger partial charge is 0.491 e. The van der Waals surface area contributed by atoms with Gasteiger partial charge in [0.05, 0.1) is 6.61 Å². The number of hydroxylamine groups is 2. The van der Waals surface area contributed by atoms with Crippen molar-refractivity contribution in [3.05, 3.63) is 47.3 Å². The van der Waals surface area contributed by atoms with Gasteiger partial charge in [0.2, 0.25) is 0 Å².